The molecular formula is C9H9BrO3. The number of benzene rings is 1. The Labute approximate surface area is 84.5 Å². The highest BCUT2D eigenvalue weighted by molar-refractivity contribution is 9.10. The highest BCUT2D eigenvalue weighted by atomic mass is 79.9. The molecule has 0 saturated heterocycles. The molecular weight excluding hydrogens is 236 g/mol. The van der Waals surface area contributed by atoms with Crippen molar-refractivity contribution >= 4 is 21.9 Å². The van der Waals surface area contributed by atoms with E-state index in [2.05, 4.69) is 22.5 Å². The number of carboxylic acid groups (broad SMARTS) is 1. The van der Waals surface area contributed by atoms with Crippen LogP contribution in [0.3, 0.4) is 0 Å². The number of carboxylic acids is 1. The molecule has 70 valence electrons. The van der Waals surface area contributed by atoms with Crippen LogP contribution >= 0.6 is 15.9 Å². The summed E-state index contributed by atoms with van der Waals surface area (Å²) < 4.78 is 0.982. The van der Waals surface area contributed by atoms with Gasteiger partial charge in [0.25, 0.3) is 0 Å². The Hall–Kier alpha value is -1.29. The number of aromatic hydroxyl groups is 1. The largest absolute Gasteiger partial charge is 0.508 e. The molecule has 0 heterocycles. The maximum Gasteiger partial charge on any atom is 0.327 e. The first-order chi connectivity index (χ1) is 6.06. The van der Waals surface area contributed by atoms with Gasteiger partial charge in [0.2, 0.25) is 0 Å². The monoisotopic (exact) mass is 244 g/mol. The summed E-state index contributed by atoms with van der Waals surface area (Å²) in [5, 5.41) is 16.3. The van der Waals surface area contributed by atoms with Gasteiger partial charge in [-0.05, 0) is 24.3 Å². The summed E-state index contributed by atoms with van der Waals surface area (Å²) >= 11 is 3.23. The van der Waals surface area contributed by atoms with Gasteiger partial charge in [-0.3, -0.25) is 0 Å². The van der Waals surface area contributed by atoms with Crippen molar-refractivity contribution in [1.82, 2.24) is 0 Å². The molecule has 0 spiro atoms. The van der Waals surface area contributed by atoms with Gasteiger partial charge in [-0.2, -0.15) is 0 Å². The molecule has 3 nitrogen and oxygen atoms in total. The zero-order chi connectivity index (χ0) is 10.3. The van der Waals surface area contributed by atoms with Gasteiger partial charge in [0.05, 0.1) is 0 Å². The van der Waals surface area contributed by atoms with Crippen LogP contribution in [0.2, 0.25) is 0 Å². The molecule has 0 fully saturated rings. The summed E-state index contributed by atoms with van der Waals surface area (Å²) in [4.78, 5) is 9.25. The third-order valence-corrected chi connectivity index (χ3v) is 1.53. The van der Waals surface area contributed by atoms with Gasteiger partial charge >= 0.3 is 5.97 Å². The van der Waals surface area contributed by atoms with Gasteiger partial charge in [-0.25, -0.2) is 4.79 Å². The molecule has 0 unspecified atom stereocenters. The lowest BCUT2D eigenvalue weighted by molar-refractivity contribution is -0.131. The lowest BCUT2D eigenvalue weighted by atomic mass is 10.3. The second-order valence-corrected chi connectivity index (χ2v) is 2.93. The number of halogens is 1. The lowest BCUT2D eigenvalue weighted by Gasteiger charge is -1.87. The molecule has 0 atom stereocenters. The van der Waals surface area contributed by atoms with Crippen LogP contribution in [0.1, 0.15) is 0 Å². The average molecular weight is 245 g/mol. The van der Waals surface area contributed by atoms with E-state index in [9.17, 15) is 4.79 Å². The van der Waals surface area contributed by atoms with Crippen LogP contribution in [0.4, 0.5) is 0 Å². The zero-order valence-corrected chi connectivity index (χ0v) is 8.36. The van der Waals surface area contributed by atoms with E-state index in [1.165, 1.54) is 0 Å². The fourth-order valence-electron chi connectivity index (χ4n) is 0.441. The first-order valence-electron chi connectivity index (χ1n) is 3.36. The maximum absolute atomic E-state index is 9.25. The fourth-order valence-corrected chi connectivity index (χ4v) is 0.705. The topological polar surface area (TPSA) is 57.5 Å². The summed E-state index contributed by atoms with van der Waals surface area (Å²) in [6.45, 7) is 2.96. The third kappa shape index (κ3) is 7.08. The van der Waals surface area contributed by atoms with Crippen molar-refractivity contribution in [2.75, 3.05) is 0 Å². The highest BCUT2D eigenvalue weighted by Crippen LogP contribution is 2.13. The maximum atomic E-state index is 9.25. The normalized spacial score (nSPS) is 8.08. The molecule has 0 aliphatic heterocycles. The van der Waals surface area contributed by atoms with Crippen LogP contribution in [-0.4, -0.2) is 16.2 Å². The molecule has 0 bridgehead atoms. The molecule has 4 heteroatoms. The van der Waals surface area contributed by atoms with E-state index < -0.39 is 5.97 Å². The van der Waals surface area contributed by atoms with Gasteiger partial charge in [-0.1, -0.05) is 22.5 Å². The molecule has 0 aromatic heterocycles. The van der Waals surface area contributed by atoms with Gasteiger partial charge in [0.1, 0.15) is 5.75 Å². The van der Waals surface area contributed by atoms with Crippen LogP contribution in [0, 0.1) is 0 Å². The molecule has 0 aliphatic carbocycles. The predicted octanol–water partition coefficient (Wildman–Crippen LogP) is 2.41. The van der Waals surface area contributed by atoms with Crippen molar-refractivity contribution in [3.05, 3.63) is 41.4 Å². The second-order valence-electron chi connectivity index (χ2n) is 2.02. The first-order valence-corrected chi connectivity index (χ1v) is 4.15. The summed E-state index contributed by atoms with van der Waals surface area (Å²) in [6, 6.07) is 6.83. The number of carbonyl (C=O) groups is 1. The van der Waals surface area contributed by atoms with E-state index in [0.717, 1.165) is 10.5 Å². The quantitative estimate of drug-likeness (QED) is 0.747. The smallest absolute Gasteiger partial charge is 0.327 e. The van der Waals surface area contributed by atoms with Gasteiger partial charge in [0.15, 0.2) is 0 Å². The minimum atomic E-state index is -0.981. The first kappa shape index (κ1) is 11.7. The molecule has 0 amide bonds. The summed E-state index contributed by atoms with van der Waals surface area (Å²) in [5.41, 5.74) is 0. The molecule has 13 heavy (non-hydrogen) atoms. The van der Waals surface area contributed by atoms with E-state index in [-0.39, 0.29) is 0 Å². The summed E-state index contributed by atoms with van der Waals surface area (Å²) in [7, 11) is 0. The number of hydrogen-bond donors (Lipinski definition) is 2. The second kappa shape index (κ2) is 6.25. The van der Waals surface area contributed by atoms with Crippen LogP contribution in [0.25, 0.3) is 0 Å². The molecule has 0 aliphatic rings. The Kier molecular flexibility index (Phi) is 5.63. The number of phenols is 1. The molecule has 1 rings (SSSR count). The van der Waals surface area contributed by atoms with E-state index in [0.29, 0.717) is 5.75 Å². The third-order valence-electron chi connectivity index (χ3n) is 1.00. The molecule has 1 aromatic carbocycles. The van der Waals surface area contributed by atoms with Crippen molar-refractivity contribution in [2.45, 2.75) is 0 Å². The lowest BCUT2D eigenvalue weighted by Crippen LogP contribution is -1.82. The van der Waals surface area contributed by atoms with E-state index in [1.54, 1.807) is 24.3 Å². The highest BCUT2D eigenvalue weighted by Gasteiger charge is 1.83. The molecule has 2 N–H and O–H groups in total. The fraction of sp³-hybridized carbons (Fsp3) is 0. The zero-order valence-electron chi connectivity index (χ0n) is 6.77. The predicted molar refractivity (Wildman–Crippen MR) is 53.6 cm³/mol. The van der Waals surface area contributed by atoms with Gasteiger partial charge in [-0.15, -0.1) is 0 Å². The van der Waals surface area contributed by atoms with E-state index in [4.69, 9.17) is 10.2 Å². The van der Waals surface area contributed by atoms with E-state index in [1.807, 2.05) is 0 Å². The Morgan fingerprint density at radius 3 is 2.00 bits per heavy atom. The van der Waals surface area contributed by atoms with Crippen molar-refractivity contribution in [2.24, 2.45) is 0 Å². The number of aliphatic carboxylic acids is 1. The van der Waals surface area contributed by atoms with E-state index >= 15 is 0 Å². The van der Waals surface area contributed by atoms with Gasteiger partial charge < -0.3 is 10.2 Å². The minimum absolute atomic E-state index is 0.299. The molecule has 0 saturated carbocycles. The summed E-state index contributed by atoms with van der Waals surface area (Å²) in [5.74, 6) is -0.682. The minimum Gasteiger partial charge on any atom is -0.508 e. The molecule has 0 radical (unpaired) electrons. The van der Waals surface area contributed by atoms with Crippen LogP contribution in [-0.2, 0) is 4.79 Å². The Balaban J connectivity index is 0.000000252. The van der Waals surface area contributed by atoms with Gasteiger partial charge in [0, 0.05) is 10.5 Å². The van der Waals surface area contributed by atoms with Crippen molar-refractivity contribution in [3.8, 4) is 5.75 Å². The standard InChI is InChI=1S/C6H5BrO.C3H4O2/c7-5-1-3-6(8)4-2-5;1-2-3(4)5/h1-4,8H;2H,1H2,(H,4,5). The van der Waals surface area contributed by atoms with Crippen LogP contribution < -0.4 is 0 Å². The van der Waals surface area contributed by atoms with Crippen molar-refractivity contribution in [1.29, 1.82) is 0 Å². The Morgan fingerprint density at radius 1 is 1.38 bits per heavy atom. The average Bonchev–Trinajstić information content (AvgIpc) is 2.11. The summed E-state index contributed by atoms with van der Waals surface area (Å²) in [6.07, 6.45) is 0.833. The number of phenolic OH excluding ortho intramolecular Hbond substituents is 1. The molecule has 1 aromatic rings. The van der Waals surface area contributed by atoms with Crippen molar-refractivity contribution < 1.29 is 15.0 Å². The Morgan fingerprint density at radius 2 is 1.77 bits per heavy atom. The Bertz CT molecular complexity index is 258. The van der Waals surface area contributed by atoms with Crippen molar-refractivity contribution in [3.63, 3.8) is 0 Å². The number of hydrogen-bond acceptors (Lipinski definition) is 2. The number of rotatable bonds is 1. The van der Waals surface area contributed by atoms with Crippen LogP contribution in [0.15, 0.2) is 41.4 Å². The van der Waals surface area contributed by atoms with Crippen LogP contribution in [0.5, 0.6) is 5.75 Å². The SMILES string of the molecule is C=CC(=O)O.Oc1ccc(Br)cc1.